The van der Waals surface area contributed by atoms with Crippen molar-refractivity contribution < 1.29 is 18.7 Å². The Morgan fingerprint density at radius 3 is 2.56 bits per heavy atom. The van der Waals surface area contributed by atoms with Gasteiger partial charge in [0.15, 0.2) is 0 Å². The number of pyridine rings is 1. The number of benzene rings is 2. The van der Waals surface area contributed by atoms with Gasteiger partial charge in [-0.15, -0.1) is 0 Å². The van der Waals surface area contributed by atoms with Crippen molar-refractivity contribution in [3.63, 3.8) is 0 Å². The van der Waals surface area contributed by atoms with Crippen molar-refractivity contribution in [3.8, 4) is 16.9 Å². The van der Waals surface area contributed by atoms with Crippen molar-refractivity contribution in [2.75, 3.05) is 13.1 Å². The highest BCUT2D eigenvalue weighted by Gasteiger charge is 2.27. The predicted molar refractivity (Wildman–Crippen MR) is 124 cm³/mol. The molecule has 2 aromatic carbocycles. The summed E-state index contributed by atoms with van der Waals surface area (Å²) in [4.78, 5) is 18.2. The Labute approximate surface area is 192 Å². The molecular formula is C25H26ClFN2O3. The highest BCUT2D eigenvalue weighted by atomic mass is 35.5. The molecule has 1 aromatic heterocycles. The Morgan fingerprint density at radius 1 is 1.12 bits per heavy atom. The molecule has 168 valence electrons. The number of amides is 1. The first-order valence-corrected chi connectivity index (χ1v) is 11.1. The van der Waals surface area contributed by atoms with Crippen LogP contribution in [0.25, 0.3) is 22.0 Å². The van der Waals surface area contributed by atoms with Gasteiger partial charge in [0.05, 0.1) is 10.5 Å². The van der Waals surface area contributed by atoms with Gasteiger partial charge in [0.25, 0.3) is 0 Å². The van der Waals surface area contributed by atoms with Gasteiger partial charge in [-0.2, -0.15) is 0 Å². The molecule has 0 atom stereocenters. The van der Waals surface area contributed by atoms with Gasteiger partial charge in [0.1, 0.15) is 23.3 Å². The number of fused-ring (bicyclic) bond motifs is 1. The maximum atomic E-state index is 14.9. The first-order valence-electron chi connectivity index (χ1n) is 10.7. The third-order valence-electron chi connectivity index (χ3n) is 5.34. The number of aromatic nitrogens is 1. The van der Waals surface area contributed by atoms with E-state index in [4.69, 9.17) is 21.1 Å². The molecule has 2 heterocycles. The standard InChI is InChI=1S/C25H26ClFN2O3/c1-25(2,3)32-24(30)29-12-9-17(10-13-29)31-18-5-6-19(22(27)15-18)16-4-7-23-20(14-16)21(26)8-11-28-23/h4-8,11,14-15,17H,9-10,12-13H2,1-3H3. The maximum Gasteiger partial charge on any atom is 0.410 e. The first kappa shape index (κ1) is 22.3. The zero-order chi connectivity index (χ0) is 22.9. The van der Waals surface area contributed by atoms with Gasteiger partial charge < -0.3 is 14.4 Å². The summed E-state index contributed by atoms with van der Waals surface area (Å²) >= 11 is 6.27. The minimum atomic E-state index is -0.517. The molecule has 0 aliphatic carbocycles. The van der Waals surface area contributed by atoms with Crippen molar-refractivity contribution in [1.29, 1.82) is 0 Å². The van der Waals surface area contributed by atoms with Crippen molar-refractivity contribution in [2.45, 2.75) is 45.3 Å². The average molecular weight is 457 g/mol. The highest BCUT2D eigenvalue weighted by Crippen LogP contribution is 2.31. The van der Waals surface area contributed by atoms with Crippen molar-refractivity contribution in [2.24, 2.45) is 0 Å². The van der Waals surface area contributed by atoms with Gasteiger partial charge in [-0.25, -0.2) is 9.18 Å². The van der Waals surface area contributed by atoms with E-state index in [0.29, 0.717) is 42.3 Å². The molecular weight excluding hydrogens is 431 g/mol. The lowest BCUT2D eigenvalue weighted by Crippen LogP contribution is -2.44. The summed E-state index contributed by atoms with van der Waals surface area (Å²) in [5.74, 6) is 0.107. The van der Waals surface area contributed by atoms with Crippen LogP contribution in [-0.2, 0) is 4.74 Å². The fraction of sp³-hybridized carbons (Fsp3) is 0.360. The monoisotopic (exact) mass is 456 g/mol. The summed E-state index contributed by atoms with van der Waals surface area (Å²) in [5.41, 5.74) is 1.44. The number of likely N-dealkylation sites (tertiary alicyclic amines) is 1. The van der Waals surface area contributed by atoms with Crippen LogP contribution in [0.1, 0.15) is 33.6 Å². The fourth-order valence-corrected chi connectivity index (χ4v) is 3.97. The van der Waals surface area contributed by atoms with E-state index in [0.717, 1.165) is 16.5 Å². The quantitative estimate of drug-likeness (QED) is 0.453. The maximum absolute atomic E-state index is 14.9. The van der Waals surface area contributed by atoms with Crippen LogP contribution in [0.3, 0.4) is 0 Å². The molecule has 4 rings (SSSR count). The fourth-order valence-electron chi connectivity index (χ4n) is 3.76. The Kier molecular flexibility index (Phi) is 6.24. The Bertz CT molecular complexity index is 1140. The average Bonchev–Trinajstić information content (AvgIpc) is 2.73. The molecule has 7 heteroatoms. The second kappa shape index (κ2) is 8.94. The molecule has 1 aliphatic heterocycles. The van der Waals surface area contributed by atoms with Gasteiger partial charge >= 0.3 is 6.09 Å². The molecule has 1 fully saturated rings. The zero-order valence-electron chi connectivity index (χ0n) is 18.4. The Balaban J connectivity index is 1.41. The molecule has 5 nitrogen and oxygen atoms in total. The summed E-state index contributed by atoms with van der Waals surface area (Å²) in [6.45, 7) is 6.64. The number of nitrogens with zero attached hydrogens (tertiary/aromatic N) is 2. The smallest absolute Gasteiger partial charge is 0.410 e. The normalized spacial score (nSPS) is 15.1. The molecule has 1 saturated heterocycles. The number of piperidine rings is 1. The SMILES string of the molecule is CC(C)(C)OC(=O)N1CCC(Oc2ccc(-c3ccc4nccc(Cl)c4c3)c(F)c2)CC1. The molecule has 1 amide bonds. The highest BCUT2D eigenvalue weighted by molar-refractivity contribution is 6.35. The summed E-state index contributed by atoms with van der Waals surface area (Å²) in [5, 5.41) is 1.36. The number of halogens is 2. The number of hydrogen-bond donors (Lipinski definition) is 0. The molecule has 0 unspecified atom stereocenters. The largest absolute Gasteiger partial charge is 0.490 e. The van der Waals surface area contributed by atoms with Crippen LogP contribution in [0, 0.1) is 5.82 Å². The van der Waals surface area contributed by atoms with E-state index in [1.807, 2.05) is 39.0 Å². The van der Waals surface area contributed by atoms with Gasteiger partial charge in [0.2, 0.25) is 0 Å². The van der Waals surface area contributed by atoms with Crippen LogP contribution < -0.4 is 4.74 Å². The van der Waals surface area contributed by atoms with Crippen LogP contribution in [0.2, 0.25) is 5.02 Å². The van der Waals surface area contributed by atoms with E-state index in [2.05, 4.69) is 4.98 Å². The Hall–Kier alpha value is -2.86. The summed E-state index contributed by atoms with van der Waals surface area (Å²) in [6, 6.07) is 12.1. The van der Waals surface area contributed by atoms with Crippen molar-refractivity contribution in [3.05, 3.63) is 59.5 Å². The molecule has 0 radical (unpaired) electrons. The minimum absolute atomic E-state index is 0.0792. The van der Waals surface area contributed by atoms with Gasteiger partial charge in [-0.1, -0.05) is 17.7 Å². The summed E-state index contributed by atoms with van der Waals surface area (Å²) in [6.07, 6.45) is 2.59. The van der Waals surface area contributed by atoms with Crippen LogP contribution in [0.5, 0.6) is 5.75 Å². The predicted octanol–water partition coefficient (Wildman–Crippen LogP) is 6.47. The van der Waals surface area contributed by atoms with Crippen LogP contribution in [-0.4, -0.2) is 40.8 Å². The molecule has 0 saturated carbocycles. The molecule has 0 N–H and O–H groups in total. The second-order valence-corrected chi connectivity index (χ2v) is 9.36. The Morgan fingerprint density at radius 2 is 1.88 bits per heavy atom. The molecule has 32 heavy (non-hydrogen) atoms. The van der Waals surface area contributed by atoms with Crippen LogP contribution in [0.15, 0.2) is 48.7 Å². The number of carbonyl (C=O) groups is 1. The van der Waals surface area contributed by atoms with Crippen LogP contribution >= 0.6 is 11.6 Å². The summed E-state index contributed by atoms with van der Waals surface area (Å²) < 4.78 is 26.3. The van der Waals surface area contributed by atoms with Crippen molar-refractivity contribution in [1.82, 2.24) is 9.88 Å². The van der Waals surface area contributed by atoms with Gasteiger partial charge in [-0.05, 0) is 56.7 Å². The summed E-state index contributed by atoms with van der Waals surface area (Å²) in [7, 11) is 0. The number of rotatable bonds is 3. The van der Waals surface area contributed by atoms with E-state index in [-0.39, 0.29) is 18.0 Å². The van der Waals surface area contributed by atoms with Crippen molar-refractivity contribution >= 4 is 28.6 Å². The second-order valence-electron chi connectivity index (χ2n) is 8.95. The van der Waals surface area contributed by atoms with Gasteiger partial charge in [0, 0.05) is 49.1 Å². The van der Waals surface area contributed by atoms with E-state index in [9.17, 15) is 9.18 Å². The molecule has 0 spiro atoms. The lowest BCUT2D eigenvalue weighted by Gasteiger charge is -2.33. The molecule has 1 aliphatic rings. The molecule has 3 aromatic rings. The number of ether oxygens (including phenoxy) is 2. The minimum Gasteiger partial charge on any atom is -0.490 e. The zero-order valence-corrected chi connectivity index (χ0v) is 19.2. The number of hydrogen-bond acceptors (Lipinski definition) is 4. The lowest BCUT2D eigenvalue weighted by atomic mass is 10.0. The van der Waals surface area contributed by atoms with Gasteiger partial charge in [-0.3, -0.25) is 4.98 Å². The topological polar surface area (TPSA) is 51.7 Å². The van der Waals surface area contributed by atoms with E-state index >= 15 is 0 Å². The first-order chi connectivity index (χ1) is 15.2. The number of carbonyl (C=O) groups excluding carboxylic acids is 1. The van der Waals surface area contributed by atoms with Crippen LogP contribution in [0.4, 0.5) is 9.18 Å². The van der Waals surface area contributed by atoms with E-state index < -0.39 is 5.60 Å². The van der Waals surface area contributed by atoms with E-state index in [1.54, 1.807) is 29.3 Å². The third kappa shape index (κ3) is 5.13. The third-order valence-corrected chi connectivity index (χ3v) is 5.67. The lowest BCUT2D eigenvalue weighted by molar-refractivity contribution is 0.0126. The molecule has 0 bridgehead atoms. The van der Waals surface area contributed by atoms with E-state index in [1.165, 1.54) is 6.07 Å².